The van der Waals surface area contributed by atoms with Gasteiger partial charge in [-0.05, 0) is 31.9 Å². The Morgan fingerprint density at radius 1 is 1.23 bits per heavy atom. The van der Waals surface area contributed by atoms with Gasteiger partial charge in [0.2, 0.25) is 0 Å². The summed E-state index contributed by atoms with van der Waals surface area (Å²) in [5.41, 5.74) is 1.79. The van der Waals surface area contributed by atoms with Crippen molar-refractivity contribution in [3.63, 3.8) is 0 Å². The summed E-state index contributed by atoms with van der Waals surface area (Å²) in [7, 11) is -3.08. The first kappa shape index (κ1) is 18.6. The molecule has 0 aliphatic rings. The lowest BCUT2D eigenvalue weighted by molar-refractivity contribution is -0.120. The van der Waals surface area contributed by atoms with Crippen LogP contribution in [-0.2, 0) is 19.4 Å². The third kappa shape index (κ3) is 7.00. The molecule has 0 saturated carbocycles. The van der Waals surface area contributed by atoms with Gasteiger partial charge in [-0.25, -0.2) is 8.42 Å². The van der Waals surface area contributed by atoms with Crippen molar-refractivity contribution >= 4 is 15.6 Å². The standard InChI is InChI=1S/C17H24O4S/c1-13(10-11-22(4,19)20)17(12-14(2)18)21-15(3)16-8-6-5-7-9-16/h5-10,15,17H,11-12H2,1-4H3/b13-10-/t15-,17-/m1/s1. The van der Waals surface area contributed by atoms with Gasteiger partial charge in [0, 0.05) is 12.7 Å². The van der Waals surface area contributed by atoms with E-state index in [9.17, 15) is 13.2 Å². The fourth-order valence-electron chi connectivity index (χ4n) is 2.04. The second kappa shape index (κ2) is 8.25. The average Bonchev–Trinajstić information content (AvgIpc) is 2.43. The first-order valence-electron chi connectivity index (χ1n) is 7.23. The van der Waals surface area contributed by atoms with E-state index in [4.69, 9.17) is 4.74 Å². The van der Waals surface area contributed by atoms with E-state index in [2.05, 4.69) is 0 Å². The number of Topliss-reactive ketones (excluding diaryl/α,β-unsaturated/α-hetero) is 1. The number of ketones is 1. The molecule has 1 aromatic rings. The molecule has 1 aromatic carbocycles. The van der Waals surface area contributed by atoms with E-state index in [1.54, 1.807) is 13.0 Å². The predicted molar refractivity (Wildman–Crippen MR) is 88.5 cm³/mol. The maximum Gasteiger partial charge on any atom is 0.151 e. The van der Waals surface area contributed by atoms with E-state index < -0.39 is 15.9 Å². The highest BCUT2D eigenvalue weighted by Crippen LogP contribution is 2.23. The smallest absolute Gasteiger partial charge is 0.151 e. The van der Waals surface area contributed by atoms with Crippen LogP contribution in [0.1, 0.15) is 38.9 Å². The van der Waals surface area contributed by atoms with Gasteiger partial charge in [0.1, 0.15) is 5.78 Å². The maximum absolute atomic E-state index is 11.5. The molecule has 0 unspecified atom stereocenters. The largest absolute Gasteiger partial charge is 0.366 e. The quantitative estimate of drug-likeness (QED) is 0.689. The fourth-order valence-corrected chi connectivity index (χ4v) is 2.61. The van der Waals surface area contributed by atoms with E-state index in [0.717, 1.165) is 11.1 Å². The number of carbonyl (C=O) groups is 1. The van der Waals surface area contributed by atoms with Gasteiger partial charge in [-0.2, -0.15) is 0 Å². The number of rotatable bonds is 8. The van der Waals surface area contributed by atoms with Crippen molar-refractivity contribution < 1.29 is 17.9 Å². The molecule has 1 rings (SSSR count). The van der Waals surface area contributed by atoms with Crippen LogP contribution in [0.5, 0.6) is 0 Å². The summed E-state index contributed by atoms with van der Waals surface area (Å²) in [4.78, 5) is 11.5. The minimum atomic E-state index is -3.08. The van der Waals surface area contributed by atoms with Crippen LogP contribution < -0.4 is 0 Å². The highest BCUT2D eigenvalue weighted by Gasteiger charge is 2.18. The molecule has 5 heteroatoms. The van der Waals surface area contributed by atoms with Gasteiger partial charge in [-0.15, -0.1) is 0 Å². The molecule has 0 saturated heterocycles. The summed E-state index contributed by atoms with van der Waals surface area (Å²) < 4.78 is 28.5. The van der Waals surface area contributed by atoms with Crippen molar-refractivity contribution in [3.8, 4) is 0 Å². The lowest BCUT2D eigenvalue weighted by Gasteiger charge is -2.23. The van der Waals surface area contributed by atoms with Gasteiger partial charge in [0.05, 0.1) is 18.0 Å². The Labute approximate surface area is 133 Å². The van der Waals surface area contributed by atoms with Crippen LogP contribution in [0.25, 0.3) is 0 Å². The topological polar surface area (TPSA) is 60.4 Å². The molecule has 0 bridgehead atoms. The molecule has 0 aliphatic carbocycles. The first-order chi connectivity index (χ1) is 10.2. The van der Waals surface area contributed by atoms with E-state index >= 15 is 0 Å². The van der Waals surface area contributed by atoms with Crippen LogP contribution in [0.15, 0.2) is 42.0 Å². The zero-order chi connectivity index (χ0) is 16.8. The van der Waals surface area contributed by atoms with E-state index in [1.165, 1.54) is 13.2 Å². The third-order valence-corrected chi connectivity index (χ3v) is 4.10. The molecular weight excluding hydrogens is 300 g/mol. The van der Waals surface area contributed by atoms with Gasteiger partial charge in [-0.1, -0.05) is 36.4 Å². The van der Waals surface area contributed by atoms with Crippen LogP contribution >= 0.6 is 0 Å². The predicted octanol–water partition coefficient (Wildman–Crippen LogP) is 3.10. The van der Waals surface area contributed by atoms with Crippen LogP contribution in [0.3, 0.4) is 0 Å². The number of ether oxygens (including phenoxy) is 1. The molecule has 2 atom stereocenters. The van der Waals surface area contributed by atoms with E-state index in [0.29, 0.717) is 0 Å². The Morgan fingerprint density at radius 2 is 1.82 bits per heavy atom. The van der Waals surface area contributed by atoms with Crippen LogP contribution in [0.4, 0.5) is 0 Å². The highest BCUT2D eigenvalue weighted by atomic mass is 32.2. The summed E-state index contributed by atoms with van der Waals surface area (Å²) in [6.07, 6.45) is 2.47. The van der Waals surface area contributed by atoms with Gasteiger partial charge in [0.15, 0.2) is 9.84 Å². The van der Waals surface area contributed by atoms with Gasteiger partial charge in [-0.3, -0.25) is 4.79 Å². The highest BCUT2D eigenvalue weighted by molar-refractivity contribution is 7.90. The second-order valence-corrected chi connectivity index (χ2v) is 7.81. The fraction of sp³-hybridized carbons (Fsp3) is 0.471. The molecule has 0 N–H and O–H groups in total. The molecule has 0 spiro atoms. The van der Waals surface area contributed by atoms with Crippen molar-refractivity contribution in [1.82, 2.24) is 0 Å². The summed E-state index contributed by atoms with van der Waals surface area (Å²) in [6.45, 7) is 5.23. The number of carbonyl (C=O) groups excluding carboxylic acids is 1. The minimum absolute atomic E-state index is 0.0115. The Morgan fingerprint density at radius 3 is 2.32 bits per heavy atom. The molecule has 22 heavy (non-hydrogen) atoms. The normalized spacial score (nSPS) is 15.4. The lowest BCUT2D eigenvalue weighted by Crippen LogP contribution is -2.20. The maximum atomic E-state index is 11.5. The van der Waals surface area contributed by atoms with E-state index in [1.807, 2.05) is 37.3 Å². The first-order valence-corrected chi connectivity index (χ1v) is 9.29. The zero-order valence-electron chi connectivity index (χ0n) is 13.6. The monoisotopic (exact) mass is 324 g/mol. The Kier molecular flexibility index (Phi) is 6.97. The Bertz CT molecular complexity index is 617. The van der Waals surface area contributed by atoms with Gasteiger partial charge in [0.25, 0.3) is 0 Å². The summed E-state index contributed by atoms with van der Waals surface area (Å²) >= 11 is 0. The van der Waals surface area contributed by atoms with Crippen molar-refractivity contribution in [3.05, 3.63) is 47.5 Å². The number of hydrogen-bond acceptors (Lipinski definition) is 4. The van der Waals surface area contributed by atoms with Crippen LogP contribution in [0, 0.1) is 0 Å². The summed E-state index contributed by atoms with van der Waals surface area (Å²) in [5, 5.41) is 0. The van der Waals surface area contributed by atoms with Crippen molar-refractivity contribution in [2.24, 2.45) is 0 Å². The lowest BCUT2D eigenvalue weighted by atomic mass is 10.0. The van der Waals surface area contributed by atoms with Crippen molar-refractivity contribution in [1.29, 1.82) is 0 Å². The third-order valence-electron chi connectivity index (χ3n) is 3.33. The average molecular weight is 324 g/mol. The number of sulfone groups is 1. The molecule has 122 valence electrons. The molecule has 0 aromatic heterocycles. The minimum Gasteiger partial charge on any atom is -0.366 e. The molecular formula is C17H24O4S. The zero-order valence-corrected chi connectivity index (χ0v) is 14.4. The molecule has 0 fully saturated rings. The van der Waals surface area contributed by atoms with Crippen molar-refractivity contribution in [2.45, 2.75) is 39.4 Å². The molecule has 0 amide bonds. The molecule has 0 radical (unpaired) electrons. The van der Waals surface area contributed by atoms with Crippen molar-refractivity contribution in [2.75, 3.05) is 12.0 Å². The SMILES string of the molecule is CC(=O)C[C@@H](O[C@H](C)c1ccccc1)/C(C)=C\CS(C)(=O)=O. The molecule has 0 heterocycles. The number of hydrogen-bond donors (Lipinski definition) is 0. The number of benzene rings is 1. The molecule has 4 nitrogen and oxygen atoms in total. The second-order valence-electron chi connectivity index (χ2n) is 5.62. The van der Waals surface area contributed by atoms with Crippen LogP contribution in [0.2, 0.25) is 0 Å². The molecule has 0 aliphatic heterocycles. The Hall–Kier alpha value is -1.46. The van der Waals surface area contributed by atoms with Crippen LogP contribution in [-0.4, -0.2) is 32.3 Å². The Balaban J connectivity index is 2.86. The van der Waals surface area contributed by atoms with Gasteiger partial charge >= 0.3 is 0 Å². The van der Waals surface area contributed by atoms with Gasteiger partial charge < -0.3 is 4.74 Å². The summed E-state index contributed by atoms with van der Waals surface area (Å²) in [6, 6.07) is 9.72. The summed E-state index contributed by atoms with van der Waals surface area (Å²) in [5.74, 6) is -0.0339. The van der Waals surface area contributed by atoms with E-state index in [-0.39, 0.29) is 24.1 Å².